The molecule has 0 atom stereocenters. The molecule has 0 spiro atoms. The highest BCUT2D eigenvalue weighted by atomic mass is 35.5. The van der Waals surface area contributed by atoms with Crippen LogP contribution in [0.5, 0.6) is 0 Å². The number of nitrogens with one attached hydrogen (secondary N) is 1. The number of pyridine rings is 1. The quantitative estimate of drug-likeness (QED) is 0.277. The number of aromatic carboxylic acids is 1. The van der Waals surface area contributed by atoms with Crippen molar-refractivity contribution < 1.29 is 9.90 Å². The summed E-state index contributed by atoms with van der Waals surface area (Å²) in [6, 6.07) is 31.0. The van der Waals surface area contributed by atoms with E-state index in [0.29, 0.717) is 16.4 Å². The minimum Gasteiger partial charge on any atom is -0.478 e. The van der Waals surface area contributed by atoms with Crippen molar-refractivity contribution in [2.45, 2.75) is 0 Å². The summed E-state index contributed by atoms with van der Waals surface area (Å²) in [6.07, 6.45) is 0. The molecule has 0 aliphatic rings. The topological polar surface area (TPSA) is 78.9 Å². The van der Waals surface area contributed by atoms with Gasteiger partial charge in [-0.2, -0.15) is 0 Å². The van der Waals surface area contributed by atoms with Gasteiger partial charge in [-0.05, 0) is 65.7 Å². The summed E-state index contributed by atoms with van der Waals surface area (Å²) < 4.78 is 0. The summed E-state index contributed by atoms with van der Waals surface area (Å²) in [6.45, 7) is 0. The van der Waals surface area contributed by atoms with Gasteiger partial charge in [0.25, 0.3) is 0 Å². The maximum absolute atomic E-state index is 11.3. The second-order valence-electron chi connectivity index (χ2n) is 8.28. The van der Waals surface area contributed by atoms with Gasteiger partial charge < -0.3 is 10.1 Å². The number of nitrogens with zero attached hydrogens (tertiary/aromatic N) is 2. The Labute approximate surface area is 205 Å². The summed E-state index contributed by atoms with van der Waals surface area (Å²) in [5.74, 6) is -0.289. The van der Waals surface area contributed by atoms with E-state index in [0.717, 1.165) is 44.4 Å². The van der Waals surface area contributed by atoms with Crippen molar-refractivity contribution in [3.63, 3.8) is 0 Å². The van der Waals surface area contributed by atoms with Crippen molar-refractivity contribution in [1.29, 1.82) is 0 Å². The molecular weight excluding hydrogens is 458 g/mol. The molecule has 35 heavy (non-hydrogen) atoms. The van der Waals surface area contributed by atoms with Crippen LogP contribution in [0.25, 0.3) is 55.7 Å². The van der Waals surface area contributed by atoms with Crippen LogP contribution in [0.3, 0.4) is 0 Å². The number of aromatic amines is 1. The van der Waals surface area contributed by atoms with Gasteiger partial charge in [0.05, 0.1) is 27.8 Å². The number of hydrogen-bond donors (Lipinski definition) is 2. The minimum absolute atomic E-state index is 0.213. The first kappa shape index (κ1) is 21.1. The van der Waals surface area contributed by atoms with Gasteiger partial charge in [-0.25, -0.2) is 14.8 Å². The Morgan fingerprint density at radius 3 is 2.31 bits per heavy atom. The van der Waals surface area contributed by atoms with Crippen molar-refractivity contribution in [3.05, 3.63) is 108 Å². The zero-order valence-electron chi connectivity index (χ0n) is 18.4. The van der Waals surface area contributed by atoms with Crippen molar-refractivity contribution in [2.75, 3.05) is 0 Å². The summed E-state index contributed by atoms with van der Waals surface area (Å²) in [5.41, 5.74) is 7.51. The van der Waals surface area contributed by atoms with Crippen LogP contribution in [-0.4, -0.2) is 26.0 Å². The lowest BCUT2D eigenvalue weighted by Crippen LogP contribution is -1.94. The molecule has 0 aliphatic carbocycles. The van der Waals surface area contributed by atoms with Crippen LogP contribution < -0.4 is 0 Å². The smallest absolute Gasteiger partial charge is 0.335 e. The molecule has 6 rings (SSSR count). The fourth-order valence-corrected chi connectivity index (χ4v) is 4.41. The zero-order chi connectivity index (χ0) is 23.9. The Morgan fingerprint density at radius 2 is 1.51 bits per heavy atom. The van der Waals surface area contributed by atoms with Crippen LogP contribution in [0.4, 0.5) is 0 Å². The average molecular weight is 476 g/mol. The van der Waals surface area contributed by atoms with Crippen molar-refractivity contribution >= 4 is 39.5 Å². The Hall–Kier alpha value is -4.48. The Bertz CT molecular complexity index is 1740. The molecule has 168 valence electrons. The Morgan fingerprint density at radius 1 is 0.743 bits per heavy atom. The van der Waals surface area contributed by atoms with E-state index in [-0.39, 0.29) is 5.56 Å². The van der Waals surface area contributed by atoms with E-state index >= 15 is 0 Å². The number of carbonyl (C=O) groups is 1. The van der Waals surface area contributed by atoms with E-state index in [9.17, 15) is 9.90 Å². The highest BCUT2D eigenvalue weighted by molar-refractivity contribution is 6.30. The highest BCUT2D eigenvalue weighted by Gasteiger charge is 2.12. The third kappa shape index (κ3) is 3.92. The summed E-state index contributed by atoms with van der Waals surface area (Å²) in [5, 5.41) is 10.9. The monoisotopic (exact) mass is 475 g/mol. The van der Waals surface area contributed by atoms with E-state index in [1.807, 2.05) is 60.7 Å². The molecule has 2 heterocycles. The first-order valence-corrected chi connectivity index (χ1v) is 11.4. The van der Waals surface area contributed by atoms with Gasteiger partial charge in [0.1, 0.15) is 5.82 Å². The van der Waals surface area contributed by atoms with Crippen LogP contribution in [-0.2, 0) is 0 Å². The third-order valence-corrected chi connectivity index (χ3v) is 6.30. The fraction of sp³-hybridized carbons (Fsp3) is 0. The summed E-state index contributed by atoms with van der Waals surface area (Å²) in [7, 11) is 0. The number of H-pyrrole nitrogens is 1. The normalized spacial score (nSPS) is 11.2. The molecule has 4 aromatic carbocycles. The zero-order valence-corrected chi connectivity index (χ0v) is 19.1. The molecule has 0 aliphatic heterocycles. The standard InChI is InChI=1S/C29H18ClN3O2/c30-21-10-5-17(6-11-21)22-3-1-2-4-23(22)25-13-7-18-15-19(8-12-24(18)31-25)28-32-26-14-9-20(29(34)35)16-27(26)33-28/h1-16H,(H,32,33)(H,34,35). The minimum atomic E-state index is -0.971. The summed E-state index contributed by atoms with van der Waals surface area (Å²) >= 11 is 6.08. The van der Waals surface area contributed by atoms with E-state index < -0.39 is 5.97 Å². The molecule has 0 bridgehead atoms. The molecular formula is C29H18ClN3O2. The van der Waals surface area contributed by atoms with Crippen LogP contribution in [0.2, 0.25) is 5.02 Å². The van der Waals surface area contributed by atoms with E-state index in [2.05, 4.69) is 28.2 Å². The van der Waals surface area contributed by atoms with Crippen LogP contribution in [0.15, 0.2) is 97.1 Å². The molecule has 0 radical (unpaired) electrons. The maximum atomic E-state index is 11.3. The van der Waals surface area contributed by atoms with Crippen LogP contribution in [0, 0.1) is 0 Å². The molecule has 0 unspecified atom stereocenters. The van der Waals surface area contributed by atoms with Gasteiger partial charge in [0.15, 0.2) is 0 Å². The number of fused-ring (bicyclic) bond motifs is 2. The van der Waals surface area contributed by atoms with Crippen LogP contribution in [0.1, 0.15) is 10.4 Å². The van der Waals surface area contributed by atoms with Crippen molar-refractivity contribution in [2.24, 2.45) is 0 Å². The predicted octanol–water partition coefficient (Wildman–Crippen LogP) is 7.46. The number of carboxylic acids is 1. The number of carboxylic acid groups (broad SMARTS) is 1. The lowest BCUT2D eigenvalue weighted by atomic mass is 9.97. The van der Waals surface area contributed by atoms with Crippen LogP contribution >= 0.6 is 11.6 Å². The third-order valence-electron chi connectivity index (χ3n) is 6.05. The molecule has 0 amide bonds. The molecule has 2 N–H and O–H groups in total. The SMILES string of the molecule is O=C(O)c1ccc2[nH]c(-c3ccc4nc(-c5ccccc5-c5ccc(Cl)cc5)ccc4c3)nc2c1. The largest absolute Gasteiger partial charge is 0.478 e. The van der Waals surface area contributed by atoms with Crippen molar-refractivity contribution in [3.8, 4) is 33.8 Å². The number of aromatic nitrogens is 3. The van der Waals surface area contributed by atoms with Gasteiger partial charge in [-0.3, -0.25) is 0 Å². The first-order valence-electron chi connectivity index (χ1n) is 11.0. The number of halogens is 1. The van der Waals surface area contributed by atoms with Gasteiger partial charge in [0.2, 0.25) is 0 Å². The molecule has 6 aromatic rings. The van der Waals surface area contributed by atoms with Gasteiger partial charge in [-0.15, -0.1) is 0 Å². The highest BCUT2D eigenvalue weighted by Crippen LogP contribution is 2.33. The lowest BCUT2D eigenvalue weighted by molar-refractivity contribution is 0.0697. The molecule has 0 saturated heterocycles. The van der Waals surface area contributed by atoms with E-state index in [1.165, 1.54) is 0 Å². The lowest BCUT2D eigenvalue weighted by Gasteiger charge is -2.11. The van der Waals surface area contributed by atoms with Gasteiger partial charge in [0, 0.05) is 21.5 Å². The molecule has 0 fully saturated rings. The molecule has 5 nitrogen and oxygen atoms in total. The maximum Gasteiger partial charge on any atom is 0.335 e. The Balaban J connectivity index is 1.39. The number of imidazole rings is 1. The molecule has 6 heteroatoms. The van der Waals surface area contributed by atoms with Gasteiger partial charge in [-0.1, -0.05) is 54.1 Å². The second kappa shape index (κ2) is 8.38. The number of rotatable bonds is 4. The van der Waals surface area contributed by atoms with Crippen molar-refractivity contribution in [1.82, 2.24) is 15.0 Å². The molecule has 0 saturated carbocycles. The predicted molar refractivity (Wildman–Crippen MR) is 140 cm³/mol. The Kier molecular flexibility index (Phi) is 5.05. The first-order chi connectivity index (χ1) is 17.0. The van der Waals surface area contributed by atoms with Gasteiger partial charge >= 0.3 is 5.97 Å². The number of hydrogen-bond acceptors (Lipinski definition) is 3. The van der Waals surface area contributed by atoms with E-state index in [1.54, 1.807) is 18.2 Å². The average Bonchev–Trinajstić information content (AvgIpc) is 3.32. The number of benzene rings is 4. The summed E-state index contributed by atoms with van der Waals surface area (Å²) in [4.78, 5) is 24.1. The molecule has 2 aromatic heterocycles. The fourth-order valence-electron chi connectivity index (χ4n) is 4.29. The second-order valence-corrected chi connectivity index (χ2v) is 8.72. The van der Waals surface area contributed by atoms with E-state index in [4.69, 9.17) is 16.6 Å².